The molecule has 10 nitrogen and oxygen atoms in total. The third kappa shape index (κ3) is 5.66. The number of hydrogen-bond donors (Lipinski definition) is 3. The number of β-lactam (4-membered cyclic amide) rings is 1. The van der Waals surface area contributed by atoms with Crippen molar-refractivity contribution in [3.63, 3.8) is 0 Å². The highest BCUT2D eigenvalue weighted by Crippen LogP contribution is 2.40. The number of aromatic nitrogens is 2. The average molecular weight is 582 g/mol. The van der Waals surface area contributed by atoms with E-state index in [1.165, 1.54) is 29.9 Å². The van der Waals surface area contributed by atoms with Crippen LogP contribution >= 0.6 is 46.7 Å². The van der Waals surface area contributed by atoms with Crippen LogP contribution in [0.4, 0.5) is 11.6 Å². The minimum atomic E-state index is -1.47. The number of halogens is 2. The molecule has 14 heteroatoms. The van der Waals surface area contributed by atoms with Crippen LogP contribution in [0.1, 0.15) is 5.56 Å². The minimum absolute atomic E-state index is 0.0126. The van der Waals surface area contributed by atoms with Crippen molar-refractivity contribution in [3.8, 4) is 0 Å². The lowest BCUT2D eigenvalue weighted by Crippen LogP contribution is -2.71. The average Bonchev–Trinajstić information content (AvgIpc) is 2.87. The fraction of sp³-hybridized carbons (Fsp3) is 0.261. The zero-order chi connectivity index (χ0) is 26.9. The number of carboxylic acids is 1. The van der Waals surface area contributed by atoms with Crippen molar-refractivity contribution in [1.82, 2.24) is 15.2 Å². The molecule has 3 heterocycles. The number of aliphatic carboxylic acids is 1. The number of nitrogens with one attached hydrogen (secondary N) is 1. The standard InChI is InChI=1S/C23H22Cl2N6O4S2/c1-11-19(26)28-10-30(20(11)27)6-2-3-12-8-37-22-17(21(33)31(22)18(12)23(34)35)29-16(32)9-36-15-7-13(24)4-5-14(15)25/h2-5,7,10,17,22H,6,8-9H2,1H3,(H5,26,27,29,32,34,35)/b3-2+/t17-,22-/m1/s1. The van der Waals surface area contributed by atoms with Crippen molar-refractivity contribution >= 4 is 76.1 Å². The summed E-state index contributed by atoms with van der Waals surface area (Å²) in [6.45, 7) is 2.07. The monoisotopic (exact) mass is 580 g/mol. The van der Waals surface area contributed by atoms with Gasteiger partial charge in [0.15, 0.2) is 0 Å². The summed E-state index contributed by atoms with van der Waals surface area (Å²) in [5.74, 6) is -1.27. The van der Waals surface area contributed by atoms with Crippen LogP contribution in [0.3, 0.4) is 0 Å². The summed E-state index contributed by atoms with van der Waals surface area (Å²) in [6.07, 6.45) is 4.83. The lowest BCUT2D eigenvalue weighted by atomic mass is 10.0. The van der Waals surface area contributed by atoms with Gasteiger partial charge < -0.3 is 26.7 Å². The van der Waals surface area contributed by atoms with E-state index < -0.39 is 23.3 Å². The second kappa shape index (κ2) is 11.2. The van der Waals surface area contributed by atoms with Crippen LogP contribution in [0.5, 0.6) is 0 Å². The zero-order valence-electron chi connectivity index (χ0n) is 19.4. The number of hydrogen-bond acceptors (Lipinski definition) is 9. The molecule has 37 heavy (non-hydrogen) atoms. The van der Waals surface area contributed by atoms with E-state index in [4.69, 9.17) is 34.7 Å². The Hall–Kier alpha value is -2.93. The number of nitrogens with two attached hydrogens (primary N) is 2. The maximum Gasteiger partial charge on any atom is 0.253 e. The van der Waals surface area contributed by atoms with Crippen molar-refractivity contribution in [2.24, 2.45) is 0 Å². The van der Waals surface area contributed by atoms with E-state index in [-0.39, 0.29) is 17.4 Å². The van der Waals surface area contributed by atoms with Crippen molar-refractivity contribution in [2.45, 2.75) is 29.8 Å². The predicted octanol–water partition coefficient (Wildman–Crippen LogP) is 0.901. The summed E-state index contributed by atoms with van der Waals surface area (Å²) in [7, 11) is 0. The number of amides is 2. The smallest absolute Gasteiger partial charge is 0.253 e. The van der Waals surface area contributed by atoms with Gasteiger partial charge in [0.25, 0.3) is 5.91 Å². The Morgan fingerprint density at radius 2 is 2.14 bits per heavy atom. The van der Waals surface area contributed by atoms with Crippen LogP contribution < -0.4 is 26.5 Å². The number of rotatable bonds is 8. The van der Waals surface area contributed by atoms with Gasteiger partial charge in [-0.25, -0.2) is 4.57 Å². The Bertz CT molecular complexity index is 1350. The van der Waals surface area contributed by atoms with Crippen LogP contribution in [-0.4, -0.2) is 50.6 Å². The van der Waals surface area contributed by atoms with Gasteiger partial charge in [-0.3, -0.25) is 14.5 Å². The SMILES string of the molecule is Cc1c(N)nc[n+](C/C=C/C2=C(C(=O)[O-])N3C(=O)[C@@H](NC(=O)CSc4cc(Cl)ccc4Cl)[C@H]3SC2)c1N. The van der Waals surface area contributed by atoms with Crippen LogP contribution in [0.25, 0.3) is 0 Å². The Kier molecular flexibility index (Phi) is 8.22. The van der Waals surface area contributed by atoms with Crippen molar-refractivity contribution < 1.29 is 24.1 Å². The van der Waals surface area contributed by atoms with Gasteiger partial charge in [0.2, 0.25) is 23.9 Å². The van der Waals surface area contributed by atoms with E-state index in [1.54, 1.807) is 41.8 Å². The number of benzene rings is 1. The number of carbonyl (C=O) groups excluding carboxylic acids is 3. The highest BCUT2D eigenvalue weighted by molar-refractivity contribution is 8.00. The van der Waals surface area contributed by atoms with E-state index in [0.717, 1.165) is 4.90 Å². The second-order valence-electron chi connectivity index (χ2n) is 8.17. The number of nitrogen functional groups attached to an aromatic ring is 2. The number of allylic oxidation sites excluding steroid dienone is 2. The molecule has 1 fully saturated rings. The first-order valence-electron chi connectivity index (χ1n) is 10.9. The van der Waals surface area contributed by atoms with Gasteiger partial charge in [-0.05, 0) is 30.7 Å². The first kappa shape index (κ1) is 27.1. The summed E-state index contributed by atoms with van der Waals surface area (Å²) in [5.41, 5.74) is 12.7. The summed E-state index contributed by atoms with van der Waals surface area (Å²) >= 11 is 14.6. The largest absolute Gasteiger partial charge is 0.543 e. The molecule has 1 saturated heterocycles. The van der Waals surface area contributed by atoms with Crippen LogP contribution in [0.15, 0.2) is 52.8 Å². The van der Waals surface area contributed by atoms with E-state index in [0.29, 0.717) is 50.0 Å². The van der Waals surface area contributed by atoms with Gasteiger partial charge in [0.1, 0.15) is 11.4 Å². The summed E-state index contributed by atoms with van der Waals surface area (Å²) in [5, 5.41) is 15.0. The quantitative estimate of drug-likeness (QED) is 0.234. The van der Waals surface area contributed by atoms with Gasteiger partial charge in [0, 0.05) is 15.7 Å². The third-order valence-electron chi connectivity index (χ3n) is 5.79. The molecule has 0 unspecified atom stereocenters. The molecule has 0 saturated carbocycles. The summed E-state index contributed by atoms with van der Waals surface area (Å²) in [4.78, 5) is 43.1. The first-order chi connectivity index (χ1) is 17.6. The van der Waals surface area contributed by atoms with E-state index in [1.807, 2.05) is 0 Å². The molecule has 4 rings (SSSR count). The molecular formula is C23H22Cl2N6O4S2. The number of carbonyl (C=O) groups is 3. The molecule has 0 aliphatic carbocycles. The molecule has 0 bridgehead atoms. The van der Waals surface area contributed by atoms with Crippen molar-refractivity contribution in [1.29, 1.82) is 0 Å². The molecule has 1 aromatic carbocycles. The Morgan fingerprint density at radius 3 is 2.86 bits per heavy atom. The molecule has 0 radical (unpaired) electrons. The summed E-state index contributed by atoms with van der Waals surface area (Å²) < 4.78 is 1.66. The van der Waals surface area contributed by atoms with Gasteiger partial charge in [-0.2, -0.15) is 0 Å². The lowest BCUT2D eigenvalue weighted by Gasteiger charge is -2.50. The third-order valence-corrected chi connectivity index (χ3v) is 8.83. The second-order valence-corrected chi connectivity index (χ2v) is 11.1. The lowest BCUT2D eigenvalue weighted by molar-refractivity contribution is -0.675. The Labute approximate surface area is 231 Å². The zero-order valence-corrected chi connectivity index (χ0v) is 22.6. The topological polar surface area (TPSA) is 158 Å². The Balaban J connectivity index is 1.41. The molecule has 2 aliphatic rings. The molecule has 1 aromatic heterocycles. The van der Waals surface area contributed by atoms with Crippen molar-refractivity contribution in [3.05, 3.63) is 63.6 Å². The maximum absolute atomic E-state index is 12.8. The number of thioether (sulfide) groups is 2. The molecule has 2 atom stereocenters. The van der Waals surface area contributed by atoms with Crippen molar-refractivity contribution in [2.75, 3.05) is 23.0 Å². The number of carboxylic acid groups (broad SMARTS) is 1. The van der Waals surface area contributed by atoms with Gasteiger partial charge in [-0.1, -0.05) is 40.3 Å². The molecule has 2 aliphatic heterocycles. The molecule has 194 valence electrons. The number of anilines is 2. The number of nitrogens with zero attached hydrogens (tertiary/aromatic N) is 3. The van der Waals surface area contributed by atoms with Crippen LogP contribution in [-0.2, 0) is 20.9 Å². The summed E-state index contributed by atoms with van der Waals surface area (Å²) in [6, 6.07) is 4.09. The first-order valence-corrected chi connectivity index (χ1v) is 13.7. The fourth-order valence-corrected chi connectivity index (χ4v) is 6.42. The Morgan fingerprint density at radius 1 is 1.38 bits per heavy atom. The van der Waals surface area contributed by atoms with E-state index >= 15 is 0 Å². The van der Waals surface area contributed by atoms with Gasteiger partial charge in [0.05, 0.1) is 34.6 Å². The van der Waals surface area contributed by atoms with Gasteiger partial charge in [-0.15, -0.1) is 23.5 Å². The molecule has 0 spiro atoms. The fourth-order valence-electron chi connectivity index (χ4n) is 3.80. The number of fused-ring (bicyclic) bond motifs is 1. The highest BCUT2D eigenvalue weighted by atomic mass is 35.5. The van der Waals surface area contributed by atoms with Crippen LogP contribution in [0, 0.1) is 6.92 Å². The maximum atomic E-state index is 12.8. The highest BCUT2D eigenvalue weighted by Gasteiger charge is 2.52. The predicted molar refractivity (Wildman–Crippen MR) is 141 cm³/mol. The minimum Gasteiger partial charge on any atom is -0.543 e. The van der Waals surface area contributed by atoms with E-state index in [2.05, 4.69) is 10.3 Å². The van der Waals surface area contributed by atoms with Gasteiger partial charge >= 0.3 is 0 Å². The molecule has 2 amide bonds. The molecule has 5 N–H and O–H groups in total. The molecule has 2 aromatic rings. The normalized spacial score (nSPS) is 19.1. The van der Waals surface area contributed by atoms with E-state index in [9.17, 15) is 19.5 Å². The molecular weight excluding hydrogens is 559 g/mol. The van der Waals surface area contributed by atoms with Crippen LogP contribution in [0.2, 0.25) is 10.0 Å².